The van der Waals surface area contributed by atoms with E-state index in [-0.39, 0.29) is 28.9 Å². The van der Waals surface area contributed by atoms with Crippen molar-refractivity contribution in [2.45, 2.75) is 98.2 Å². The first-order chi connectivity index (χ1) is 19.8. The minimum atomic E-state index is -0.965. The lowest BCUT2D eigenvalue weighted by Gasteiger charge is -2.41. The second kappa shape index (κ2) is 13.0. The molecular formula is C35H47N2O4Si. The van der Waals surface area contributed by atoms with Gasteiger partial charge in [-0.2, -0.15) is 0 Å². The molecule has 2 atom stereocenters. The Bertz CT molecular complexity index is 1360. The number of benzene rings is 2. The molecule has 1 aliphatic heterocycles. The first kappa shape index (κ1) is 31.8. The molecule has 42 heavy (non-hydrogen) atoms. The van der Waals surface area contributed by atoms with Crippen LogP contribution >= 0.6 is 0 Å². The number of carbonyl (C=O) groups is 1. The van der Waals surface area contributed by atoms with Gasteiger partial charge in [-0.15, -0.1) is 0 Å². The van der Waals surface area contributed by atoms with Gasteiger partial charge in [0.1, 0.15) is 12.4 Å². The molecule has 0 saturated carbocycles. The van der Waals surface area contributed by atoms with E-state index in [4.69, 9.17) is 13.9 Å². The summed E-state index contributed by atoms with van der Waals surface area (Å²) in [7, 11) is 0.749. The lowest BCUT2D eigenvalue weighted by atomic mass is 9.82. The third kappa shape index (κ3) is 7.42. The van der Waals surface area contributed by atoms with Crippen LogP contribution in [0, 0.1) is 5.41 Å². The third-order valence-corrected chi connectivity index (χ3v) is 8.52. The fourth-order valence-corrected chi connectivity index (χ4v) is 6.76. The average Bonchev–Trinajstić information content (AvgIpc) is 3.29. The summed E-state index contributed by atoms with van der Waals surface area (Å²) >= 11 is 0. The normalized spacial score (nSPS) is 16.7. The fraction of sp³-hybridized carbons (Fsp3) is 0.486. The highest BCUT2D eigenvalue weighted by Crippen LogP contribution is 2.42. The van der Waals surface area contributed by atoms with Crippen molar-refractivity contribution in [1.29, 1.82) is 0 Å². The van der Waals surface area contributed by atoms with Crippen LogP contribution in [-0.2, 0) is 27.8 Å². The number of hydrogen-bond donors (Lipinski definition) is 0. The number of amides is 1. The van der Waals surface area contributed by atoms with Crippen LogP contribution in [0.5, 0.6) is 11.6 Å². The van der Waals surface area contributed by atoms with Gasteiger partial charge in [-0.05, 0) is 71.3 Å². The topological polar surface area (TPSA) is 60.9 Å². The van der Waals surface area contributed by atoms with Crippen molar-refractivity contribution >= 4 is 14.9 Å². The molecule has 1 unspecified atom stereocenters. The molecule has 6 nitrogen and oxygen atoms in total. The van der Waals surface area contributed by atoms with Crippen molar-refractivity contribution in [3.05, 3.63) is 77.5 Å². The summed E-state index contributed by atoms with van der Waals surface area (Å²) in [6, 6.07) is 18.4. The predicted molar refractivity (Wildman–Crippen MR) is 171 cm³/mol. The lowest BCUT2D eigenvalue weighted by molar-refractivity contribution is -0.131. The number of methoxy groups -OCH3 is 1. The van der Waals surface area contributed by atoms with Crippen molar-refractivity contribution in [3.8, 4) is 22.8 Å². The zero-order chi connectivity index (χ0) is 30.7. The lowest BCUT2D eigenvalue weighted by Crippen LogP contribution is -2.49. The molecular weight excluding hydrogens is 540 g/mol. The molecule has 0 spiro atoms. The minimum absolute atomic E-state index is 0.00115. The number of aromatic nitrogens is 1. The maximum Gasteiger partial charge on any atom is 0.223 e. The van der Waals surface area contributed by atoms with Crippen LogP contribution in [0.1, 0.15) is 71.1 Å². The van der Waals surface area contributed by atoms with Gasteiger partial charge in [-0.25, -0.2) is 4.98 Å². The number of nitrogens with zero attached hydrogens (tertiary/aromatic N) is 2. The van der Waals surface area contributed by atoms with Crippen molar-refractivity contribution in [2.24, 2.45) is 5.41 Å². The van der Waals surface area contributed by atoms with Crippen LogP contribution in [0.15, 0.2) is 60.8 Å². The standard InChI is InChI=1S/C35H47N2O4Si/c1-34(2,3)28-21-27(26-16-13-19-36-33(26)40-23-24-14-11-10-12-15-24)25(20-30(28)39-7)22-37-29(17-18-31(37)38)32(35(4,5)6)41-42(8)9/h10-16,19-21,29,32H,17-18,22-23H2,1-9H3/t29-,32?/m0/s1. The molecule has 1 saturated heterocycles. The third-order valence-electron chi connectivity index (χ3n) is 7.79. The van der Waals surface area contributed by atoms with E-state index in [9.17, 15) is 4.79 Å². The molecule has 3 aromatic rings. The van der Waals surface area contributed by atoms with Gasteiger partial charge in [0.15, 0.2) is 0 Å². The molecule has 0 N–H and O–H groups in total. The average molecular weight is 588 g/mol. The van der Waals surface area contributed by atoms with Gasteiger partial charge in [0.25, 0.3) is 0 Å². The number of rotatable bonds is 10. The molecule has 1 amide bonds. The Morgan fingerprint density at radius 1 is 1.00 bits per heavy atom. The molecule has 2 aromatic carbocycles. The van der Waals surface area contributed by atoms with Crippen molar-refractivity contribution < 1.29 is 18.7 Å². The smallest absolute Gasteiger partial charge is 0.223 e. The highest BCUT2D eigenvalue weighted by atomic mass is 28.3. The monoisotopic (exact) mass is 587 g/mol. The summed E-state index contributed by atoms with van der Waals surface area (Å²) in [6.07, 6.45) is 3.04. The van der Waals surface area contributed by atoms with Gasteiger partial charge in [0.2, 0.25) is 20.8 Å². The predicted octanol–water partition coefficient (Wildman–Crippen LogP) is 7.81. The Morgan fingerprint density at radius 2 is 1.71 bits per heavy atom. The van der Waals surface area contributed by atoms with E-state index in [0.717, 1.165) is 40.0 Å². The Morgan fingerprint density at radius 3 is 2.33 bits per heavy atom. The van der Waals surface area contributed by atoms with Crippen LogP contribution in [0.2, 0.25) is 13.1 Å². The second-order valence-corrected chi connectivity index (χ2v) is 15.6. The van der Waals surface area contributed by atoms with E-state index in [0.29, 0.717) is 25.5 Å². The molecule has 0 aliphatic carbocycles. The van der Waals surface area contributed by atoms with Gasteiger partial charge in [-0.1, -0.05) is 71.9 Å². The number of pyridine rings is 1. The van der Waals surface area contributed by atoms with Crippen molar-refractivity contribution in [3.63, 3.8) is 0 Å². The van der Waals surface area contributed by atoms with E-state index >= 15 is 0 Å². The van der Waals surface area contributed by atoms with Crippen LogP contribution in [0.4, 0.5) is 0 Å². The number of carbonyl (C=O) groups excluding carboxylic acids is 1. The molecule has 2 heterocycles. The van der Waals surface area contributed by atoms with Crippen LogP contribution in [-0.4, -0.2) is 44.1 Å². The molecule has 225 valence electrons. The van der Waals surface area contributed by atoms with E-state index in [1.165, 1.54) is 0 Å². The largest absolute Gasteiger partial charge is 0.496 e. The van der Waals surface area contributed by atoms with Crippen LogP contribution < -0.4 is 9.47 Å². The van der Waals surface area contributed by atoms with Crippen molar-refractivity contribution in [1.82, 2.24) is 9.88 Å². The SMILES string of the molecule is COc1cc(CN2C(=O)CC[C@H]2C(O[Si](C)C)C(C)(C)C)c(-c2cccnc2OCc2ccccc2)cc1C(C)(C)C. The summed E-state index contributed by atoms with van der Waals surface area (Å²) in [5.41, 5.74) is 4.80. The number of ether oxygens (including phenoxy) is 2. The van der Waals surface area contributed by atoms with Gasteiger partial charge >= 0.3 is 0 Å². The summed E-state index contributed by atoms with van der Waals surface area (Å²) in [6.45, 7) is 18.4. The number of likely N-dealkylation sites (tertiary alicyclic amines) is 1. The molecule has 7 heteroatoms. The van der Waals surface area contributed by atoms with E-state index in [2.05, 4.69) is 77.8 Å². The number of hydrogen-bond acceptors (Lipinski definition) is 5. The van der Waals surface area contributed by atoms with Crippen LogP contribution in [0.3, 0.4) is 0 Å². The van der Waals surface area contributed by atoms with Crippen LogP contribution in [0.25, 0.3) is 11.1 Å². The Kier molecular flexibility index (Phi) is 9.83. The summed E-state index contributed by atoms with van der Waals surface area (Å²) in [5, 5.41) is 0. The maximum absolute atomic E-state index is 13.5. The summed E-state index contributed by atoms with van der Waals surface area (Å²) in [5.74, 6) is 1.55. The zero-order valence-corrected chi connectivity index (χ0v) is 27.8. The molecule has 1 radical (unpaired) electrons. The Balaban J connectivity index is 1.81. The zero-order valence-electron chi connectivity index (χ0n) is 26.8. The molecule has 1 fully saturated rings. The summed E-state index contributed by atoms with van der Waals surface area (Å²) in [4.78, 5) is 20.2. The second-order valence-electron chi connectivity index (χ2n) is 13.5. The quantitative estimate of drug-likeness (QED) is 0.227. The van der Waals surface area contributed by atoms with Gasteiger partial charge in [0.05, 0.1) is 19.3 Å². The van der Waals surface area contributed by atoms with E-state index in [1.807, 2.05) is 41.3 Å². The Labute approximate surface area is 254 Å². The van der Waals surface area contributed by atoms with Gasteiger partial charge in [-0.3, -0.25) is 4.79 Å². The molecule has 1 aliphatic rings. The molecule has 0 bridgehead atoms. The van der Waals surface area contributed by atoms with Crippen molar-refractivity contribution in [2.75, 3.05) is 7.11 Å². The maximum atomic E-state index is 13.5. The van der Waals surface area contributed by atoms with Gasteiger partial charge < -0.3 is 18.8 Å². The fourth-order valence-electron chi connectivity index (χ4n) is 5.74. The molecule has 4 rings (SSSR count). The highest BCUT2D eigenvalue weighted by Gasteiger charge is 2.43. The summed E-state index contributed by atoms with van der Waals surface area (Å²) < 4.78 is 18.8. The Hall–Kier alpha value is -3.16. The molecule has 1 aromatic heterocycles. The first-order valence-corrected chi connectivity index (χ1v) is 17.3. The highest BCUT2D eigenvalue weighted by molar-refractivity contribution is 6.48. The van der Waals surface area contributed by atoms with E-state index in [1.54, 1.807) is 13.3 Å². The first-order valence-electron chi connectivity index (χ1n) is 14.9. The minimum Gasteiger partial charge on any atom is -0.496 e. The van der Waals surface area contributed by atoms with E-state index < -0.39 is 9.04 Å². The van der Waals surface area contributed by atoms with Gasteiger partial charge in [0, 0.05) is 30.3 Å².